The molecule has 0 spiro atoms. The Kier molecular flexibility index (Phi) is 5.93. The van der Waals surface area contributed by atoms with E-state index in [0.717, 1.165) is 6.07 Å². The number of hydrogen-bond acceptors (Lipinski definition) is 5. The maximum Gasteiger partial charge on any atom is 0.501 e. The summed E-state index contributed by atoms with van der Waals surface area (Å²) < 4.78 is 89.3. The van der Waals surface area contributed by atoms with Crippen LogP contribution in [0.5, 0.6) is 0 Å². The molecule has 0 bridgehead atoms. The van der Waals surface area contributed by atoms with E-state index in [1.807, 2.05) is 0 Å². The third kappa shape index (κ3) is 4.57. The van der Waals surface area contributed by atoms with E-state index in [-0.39, 0.29) is 37.6 Å². The Bertz CT molecular complexity index is 1060. The molecule has 11 heteroatoms. The Morgan fingerprint density at radius 3 is 1.93 bits per heavy atom. The minimum Gasteiger partial charge on any atom is -0.368 e. The quantitative estimate of drug-likeness (QED) is 0.703. The third-order valence-corrected chi connectivity index (χ3v) is 8.01. The monoisotopic (exact) mass is 448 g/mol. The van der Waals surface area contributed by atoms with E-state index in [1.54, 1.807) is 30.3 Å². The smallest absolute Gasteiger partial charge is 0.368 e. The minimum atomic E-state index is -5.51. The molecule has 0 saturated carbocycles. The van der Waals surface area contributed by atoms with Gasteiger partial charge in [-0.2, -0.15) is 17.5 Å². The number of para-hydroxylation sites is 1. The van der Waals surface area contributed by atoms with E-state index < -0.39 is 30.3 Å². The van der Waals surface area contributed by atoms with E-state index >= 15 is 0 Å². The van der Waals surface area contributed by atoms with Gasteiger partial charge in [-0.25, -0.2) is 16.8 Å². The van der Waals surface area contributed by atoms with Crippen LogP contribution in [0.15, 0.2) is 59.5 Å². The highest BCUT2D eigenvalue weighted by atomic mass is 32.2. The largest absolute Gasteiger partial charge is 0.501 e. The first-order chi connectivity index (χ1) is 13.5. The van der Waals surface area contributed by atoms with Gasteiger partial charge in [-0.05, 0) is 17.7 Å². The van der Waals surface area contributed by atoms with E-state index in [0.29, 0.717) is 5.56 Å². The van der Waals surface area contributed by atoms with Gasteiger partial charge in [-0.1, -0.05) is 42.5 Å². The molecule has 0 aliphatic carbocycles. The SMILES string of the molecule is O=S(=O)(Cc1ccccc1)N1CCN(c2ccccc2S(=O)(=O)C(F)(F)F)CC1. The van der Waals surface area contributed by atoms with E-state index in [4.69, 9.17) is 0 Å². The van der Waals surface area contributed by atoms with Crippen LogP contribution in [0.3, 0.4) is 0 Å². The molecule has 0 atom stereocenters. The molecule has 0 N–H and O–H groups in total. The Balaban J connectivity index is 1.77. The number of nitrogens with zero attached hydrogens (tertiary/aromatic N) is 2. The van der Waals surface area contributed by atoms with Crippen molar-refractivity contribution in [2.75, 3.05) is 31.1 Å². The predicted octanol–water partition coefficient (Wildman–Crippen LogP) is 2.63. The maximum absolute atomic E-state index is 13.0. The number of piperazine rings is 1. The zero-order chi connectivity index (χ0) is 21.3. The van der Waals surface area contributed by atoms with Gasteiger partial charge < -0.3 is 4.90 Å². The molecular weight excluding hydrogens is 429 g/mol. The van der Waals surface area contributed by atoms with Crippen LogP contribution >= 0.6 is 0 Å². The molecule has 0 aromatic heterocycles. The highest BCUT2D eigenvalue weighted by Gasteiger charge is 2.48. The van der Waals surface area contributed by atoms with Crippen LogP contribution < -0.4 is 4.90 Å². The van der Waals surface area contributed by atoms with Gasteiger partial charge in [0.1, 0.15) is 0 Å². The molecule has 29 heavy (non-hydrogen) atoms. The summed E-state index contributed by atoms with van der Waals surface area (Å²) >= 11 is 0. The fraction of sp³-hybridized carbons (Fsp3) is 0.333. The second-order valence-electron chi connectivity index (χ2n) is 6.54. The van der Waals surface area contributed by atoms with Crippen molar-refractivity contribution < 1.29 is 30.0 Å². The predicted molar refractivity (Wildman–Crippen MR) is 103 cm³/mol. The van der Waals surface area contributed by atoms with Crippen molar-refractivity contribution >= 4 is 25.5 Å². The average molecular weight is 448 g/mol. The van der Waals surface area contributed by atoms with Crippen LogP contribution in [0.25, 0.3) is 0 Å². The second kappa shape index (κ2) is 7.96. The molecular formula is C18H19F3N2O4S2. The number of alkyl halides is 3. The third-order valence-electron chi connectivity index (χ3n) is 4.62. The second-order valence-corrected chi connectivity index (χ2v) is 10.4. The minimum absolute atomic E-state index is 0.0512. The molecule has 6 nitrogen and oxygen atoms in total. The number of benzene rings is 2. The lowest BCUT2D eigenvalue weighted by molar-refractivity contribution is -0.0435. The van der Waals surface area contributed by atoms with Gasteiger partial charge in [0.05, 0.1) is 16.3 Å². The summed E-state index contributed by atoms with van der Waals surface area (Å²) in [6, 6.07) is 13.5. The number of halogens is 3. The number of sulfonamides is 1. The van der Waals surface area contributed by atoms with Gasteiger partial charge in [0.2, 0.25) is 10.0 Å². The Morgan fingerprint density at radius 1 is 0.793 bits per heavy atom. The van der Waals surface area contributed by atoms with Crippen LogP contribution in [0.2, 0.25) is 0 Å². The number of sulfone groups is 1. The van der Waals surface area contributed by atoms with Gasteiger partial charge >= 0.3 is 5.51 Å². The van der Waals surface area contributed by atoms with Gasteiger partial charge in [-0.15, -0.1) is 0 Å². The van der Waals surface area contributed by atoms with Gasteiger partial charge in [0.15, 0.2) is 0 Å². The number of anilines is 1. The first kappa shape index (κ1) is 21.6. The van der Waals surface area contributed by atoms with Crippen molar-refractivity contribution in [2.45, 2.75) is 16.2 Å². The number of rotatable bonds is 5. The van der Waals surface area contributed by atoms with E-state index in [1.165, 1.54) is 27.4 Å². The van der Waals surface area contributed by atoms with Crippen molar-refractivity contribution in [3.8, 4) is 0 Å². The maximum atomic E-state index is 13.0. The molecule has 1 aliphatic heterocycles. The summed E-state index contributed by atoms with van der Waals surface area (Å²) in [4.78, 5) is 0.640. The van der Waals surface area contributed by atoms with Gasteiger partial charge in [0.25, 0.3) is 9.84 Å². The summed E-state index contributed by atoms with van der Waals surface area (Å²) in [5.74, 6) is -0.174. The van der Waals surface area contributed by atoms with Crippen LogP contribution in [0.4, 0.5) is 18.9 Å². The molecule has 158 valence electrons. The molecule has 0 radical (unpaired) electrons. The standard InChI is InChI=1S/C18H19F3N2O4S2/c19-18(20,21)29(26,27)17-9-5-4-8-16(17)22-10-12-23(13-11-22)28(24,25)14-15-6-2-1-3-7-15/h1-9H,10-14H2. The molecule has 3 rings (SSSR count). The van der Waals surface area contributed by atoms with Crippen LogP contribution in [-0.4, -0.2) is 52.8 Å². The lowest BCUT2D eigenvalue weighted by Crippen LogP contribution is -2.49. The van der Waals surface area contributed by atoms with Gasteiger partial charge in [-0.3, -0.25) is 0 Å². The van der Waals surface area contributed by atoms with E-state index in [2.05, 4.69) is 0 Å². The Hall–Kier alpha value is -2.11. The van der Waals surface area contributed by atoms with Crippen molar-refractivity contribution in [1.29, 1.82) is 0 Å². The summed E-state index contributed by atoms with van der Waals surface area (Å²) in [5.41, 5.74) is -4.86. The molecule has 2 aromatic carbocycles. The normalized spacial score (nSPS) is 16.7. The molecule has 1 fully saturated rings. The Morgan fingerprint density at radius 2 is 1.34 bits per heavy atom. The molecule has 0 unspecified atom stereocenters. The number of hydrogen-bond donors (Lipinski definition) is 0. The fourth-order valence-electron chi connectivity index (χ4n) is 3.15. The summed E-state index contributed by atoms with van der Waals surface area (Å²) in [6.45, 7) is 0.266. The van der Waals surface area contributed by atoms with Crippen LogP contribution in [0, 0.1) is 0 Å². The average Bonchev–Trinajstić information content (AvgIpc) is 2.68. The van der Waals surface area contributed by atoms with E-state index in [9.17, 15) is 30.0 Å². The Labute approximate surface area is 167 Å². The van der Waals surface area contributed by atoms with Crippen molar-refractivity contribution in [2.24, 2.45) is 0 Å². The molecule has 1 aliphatic rings. The lowest BCUT2D eigenvalue weighted by atomic mass is 10.2. The van der Waals surface area contributed by atoms with Crippen LogP contribution in [-0.2, 0) is 25.6 Å². The first-order valence-corrected chi connectivity index (χ1v) is 11.8. The molecule has 1 saturated heterocycles. The topological polar surface area (TPSA) is 74.8 Å². The van der Waals surface area contributed by atoms with Crippen molar-refractivity contribution in [3.05, 3.63) is 60.2 Å². The fourth-order valence-corrected chi connectivity index (χ4v) is 5.65. The molecule has 2 aromatic rings. The van der Waals surface area contributed by atoms with Crippen molar-refractivity contribution in [3.63, 3.8) is 0 Å². The first-order valence-electron chi connectivity index (χ1n) is 8.69. The summed E-state index contributed by atoms with van der Waals surface area (Å²) in [7, 11) is -9.11. The molecule has 1 heterocycles. The van der Waals surface area contributed by atoms with Crippen molar-refractivity contribution in [1.82, 2.24) is 4.31 Å². The zero-order valence-electron chi connectivity index (χ0n) is 15.2. The zero-order valence-corrected chi connectivity index (χ0v) is 16.8. The highest BCUT2D eigenvalue weighted by molar-refractivity contribution is 7.92. The van der Waals surface area contributed by atoms with Gasteiger partial charge in [0, 0.05) is 26.2 Å². The molecule has 0 amide bonds. The lowest BCUT2D eigenvalue weighted by Gasteiger charge is -2.36. The highest BCUT2D eigenvalue weighted by Crippen LogP contribution is 2.36. The summed E-state index contributed by atoms with van der Waals surface area (Å²) in [5, 5.41) is 0. The summed E-state index contributed by atoms with van der Waals surface area (Å²) in [6.07, 6.45) is 0. The van der Waals surface area contributed by atoms with Crippen LogP contribution in [0.1, 0.15) is 5.56 Å².